The number of sulfone groups is 1. The van der Waals surface area contributed by atoms with Gasteiger partial charge in [-0.25, -0.2) is 8.42 Å². The van der Waals surface area contributed by atoms with Gasteiger partial charge in [-0.1, -0.05) is 29.8 Å². The van der Waals surface area contributed by atoms with Gasteiger partial charge in [0.15, 0.2) is 0 Å². The Balaban J connectivity index is 1.49. The van der Waals surface area contributed by atoms with Gasteiger partial charge >= 0.3 is 0 Å². The fourth-order valence-electron chi connectivity index (χ4n) is 2.62. The lowest BCUT2D eigenvalue weighted by atomic mass is 10.1. The highest BCUT2D eigenvalue weighted by Crippen LogP contribution is 2.18. The maximum absolute atomic E-state index is 12.3. The van der Waals surface area contributed by atoms with Crippen LogP contribution in [0.15, 0.2) is 59.3 Å². The summed E-state index contributed by atoms with van der Waals surface area (Å²) in [4.78, 5) is 16.1. The summed E-state index contributed by atoms with van der Waals surface area (Å²) in [6.45, 7) is 3.03. The molecule has 3 aromatic rings. The van der Waals surface area contributed by atoms with Crippen LogP contribution in [0.1, 0.15) is 17.5 Å². The van der Waals surface area contributed by atoms with E-state index < -0.39 is 15.7 Å². The van der Waals surface area contributed by atoms with E-state index in [1.165, 1.54) is 11.6 Å². The number of hydrogen-bond acceptors (Lipinski definition) is 9. The van der Waals surface area contributed by atoms with Crippen molar-refractivity contribution in [1.82, 2.24) is 9.36 Å². The van der Waals surface area contributed by atoms with Gasteiger partial charge in [-0.15, -0.1) is 0 Å². The standard InChI is InChI=1S/C23H22N4O5S2/c1-16-4-8-19(9-5-16)31-12-3-13-32-20-10-6-17(7-11-20)14-18(15-24)21(28)25-22-26-23(27-33-22)34(2,29)30/h4-11,14H,3,12-13H2,1-2H3,(H,25,26,27,28). The molecule has 2 aromatic carbocycles. The van der Waals surface area contributed by atoms with E-state index in [1.807, 2.05) is 37.3 Å². The maximum Gasteiger partial charge on any atom is 0.268 e. The molecule has 0 unspecified atom stereocenters. The zero-order valence-electron chi connectivity index (χ0n) is 18.5. The molecule has 0 aliphatic heterocycles. The van der Waals surface area contributed by atoms with Crippen LogP contribution >= 0.6 is 11.5 Å². The van der Waals surface area contributed by atoms with Crippen LogP contribution in [0.2, 0.25) is 0 Å². The average molecular weight is 499 g/mol. The molecule has 0 saturated carbocycles. The first-order valence-corrected chi connectivity index (χ1v) is 12.8. The van der Waals surface area contributed by atoms with Crippen LogP contribution in [-0.2, 0) is 14.6 Å². The van der Waals surface area contributed by atoms with Gasteiger partial charge in [0.25, 0.3) is 11.1 Å². The molecule has 0 bridgehead atoms. The number of aryl methyl sites for hydroxylation is 1. The first-order valence-electron chi connectivity index (χ1n) is 10.1. The van der Waals surface area contributed by atoms with Crippen LogP contribution in [0.3, 0.4) is 0 Å². The van der Waals surface area contributed by atoms with Gasteiger partial charge in [-0.3, -0.25) is 10.1 Å². The molecule has 34 heavy (non-hydrogen) atoms. The van der Waals surface area contributed by atoms with Crippen molar-refractivity contribution in [3.63, 3.8) is 0 Å². The molecule has 11 heteroatoms. The Morgan fingerprint density at radius 1 is 1.09 bits per heavy atom. The molecule has 0 atom stereocenters. The third-order valence-electron chi connectivity index (χ3n) is 4.36. The molecule has 1 amide bonds. The molecular formula is C23H22N4O5S2. The van der Waals surface area contributed by atoms with E-state index >= 15 is 0 Å². The molecule has 1 aromatic heterocycles. The minimum absolute atomic E-state index is 0.0123. The minimum Gasteiger partial charge on any atom is -0.493 e. The summed E-state index contributed by atoms with van der Waals surface area (Å²) in [6, 6.07) is 16.6. The van der Waals surface area contributed by atoms with Crippen molar-refractivity contribution in [2.45, 2.75) is 18.5 Å². The highest BCUT2D eigenvalue weighted by Gasteiger charge is 2.17. The first-order chi connectivity index (χ1) is 16.2. The van der Waals surface area contributed by atoms with Gasteiger partial charge in [-0.05, 0) is 42.8 Å². The molecule has 0 aliphatic carbocycles. The summed E-state index contributed by atoms with van der Waals surface area (Å²) >= 11 is 0.717. The first kappa shape index (κ1) is 24.9. The van der Waals surface area contributed by atoms with Gasteiger partial charge in [0.1, 0.15) is 23.1 Å². The van der Waals surface area contributed by atoms with Crippen LogP contribution in [0, 0.1) is 18.3 Å². The van der Waals surface area contributed by atoms with E-state index in [2.05, 4.69) is 14.7 Å². The lowest BCUT2D eigenvalue weighted by molar-refractivity contribution is -0.112. The summed E-state index contributed by atoms with van der Waals surface area (Å²) in [6.07, 6.45) is 3.09. The topological polar surface area (TPSA) is 131 Å². The largest absolute Gasteiger partial charge is 0.493 e. The van der Waals surface area contributed by atoms with Crippen LogP contribution in [0.5, 0.6) is 11.5 Å². The van der Waals surface area contributed by atoms with E-state index in [0.717, 1.165) is 12.0 Å². The summed E-state index contributed by atoms with van der Waals surface area (Å²) in [5.74, 6) is 0.756. The number of ether oxygens (including phenoxy) is 2. The van der Waals surface area contributed by atoms with Gasteiger partial charge in [-0.2, -0.15) is 14.6 Å². The molecule has 176 valence electrons. The van der Waals surface area contributed by atoms with Gasteiger partial charge in [0.05, 0.1) is 13.2 Å². The van der Waals surface area contributed by atoms with Crippen molar-refractivity contribution < 1.29 is 22.7 Å². The van der Waals surface area contributed by atoms with Crippen LogP contribution in [0.4, 0.5) is 5.13 Å². The summed E-state index contributed by atoms with van der Waals surface area (Å²) < 4.78 is 37.9. The number of nitrogens with zero attached hydrogens (tertiary/aromatic N) is 3. The number of nitriles is 1. The van der Waals surface area contributed by atoms with E-state index in [-0.39, 0.29) is 15.9 Å². The Morgan fingerprint density at radius 2 is 1.68 bits per heavy atom. The van der Waals surface area contributed by atoms with Crippen molar-refractivity contribution in [3.8, 4) is 17.6 Å². The maximum atomic E-state index is 12.3. The number of carbonyl (C=O) groups is 1. The van der Waals surface area contributed by atoms with Crippen molar-refractivity contribution in [2.24, 2.45) is 0 Å². The Bertz CT molecular complexity index is 1310. The molecular weight excluding hydrogens is 476 g/mol. The van der Waals surface area contributed by atoms with Crippen molar-refractivity contribution >= 4 is 38.5 Å². The fourth-order valence-corrected chi connectivity index (χ4v) is 4.06. The lowest BCUT2D eigenvalue weighted by Crippen LogP contribution is -2.13. The molecule has 0 spiro atoms. The highest BCUT2D eigenvalue weighted by molar-refractivity contribution is 7.90. The highest BCUT2D eigenvalue weighted by atomic mass is 32.2. The number of anilines is 1. The molecule has 9 nitrogen and oxygen atoms in total. The predicted molar refractivity (Wildman–Crippen MR) is 128 cm³/mol. The molecule has 1 N–H and O–H groups in total. The molecule has 0 saturated heterocycles. The Hall–Kier alpha value is -3.75. The number of nitrogens with one attached hydrogen (secondary N) is 1. The third-order valence-corrected chi connectivity index (χ3v) is 5.95. The summed E-state index contributed by atoms with van der Waals surface area (Å²) in [5.41, 5.74) is 1.63. The number of carbonyl (C=O) groups excluding carboxylic acids is 1. The molecule has 0 fully saturated rings. The third kappa shape index (κ3) is 7.40. The number of hydrogen-bond donors (Lipinski definition) is 1. The second-order valence-corrected chi connectivity index (χ2v) is 9.87. The number of amides is 1. The summed E-state index contributed by atoms with van der Waals surface area (Å²) in [7, 11) is -3.58. The molecule has 3 rings (SSSR count). The average Bonchev–Trinajstić information content (AvgIpc) is 3.28. The predicted octanol–water partition coefficient (Wildman–Crippen LogP) is 3.64. The summed E-state index contributed by atoms with van der Waals surface area (Å²) in [5, 5.41) is 11.3. The zero-order valence-corrected chi connectivity index (χ0v) is 20.1. The SMILES string of the molecule is Cc1ccc(OCCCOc2ccc(C=C(C#N)C(=O)Nc3nc(S(C)(=O)=O)ns3)cc2)cc1. The van der Waals surface area contributed by atoms with E-state index in [0.29, 0.717) is 42.5 Å². The van der Waals surface area contributed by atoms with Crippen LogP contribution < -0.4 is 14.8 Å². The second-order valence-electron chi connectivity index (χ2n) is 7.21. The smallest absolute Gasteiger partial charge is 0.268 e. The second kappa shape index (κ2) is 11.4. The van der Waals surface area contributed by atoms with E-state index in [4.69, 9.17) is 9.47 Å². The van der Waals surface area contributed by atoms with Crippen molar-refractivity contribution in [2.75, 3.05) is 24.8 Å². The number of benzene rings is 2. The van der Waals surface area contributed by atoms with Crippen molar-refractivity contribution in [3.05, 3.63) is 65.2 Å². The molecule has 1 heterocycles. The van der Waals surface area contributed by atoms with E-state index in [9.17, 15) is 18.5 Å². The van der Waals surface area contributed by atoms with Crippen LogP contribution in [-0.4, -0.2) is 43.2 Å². The monoisotopic (exact) mass is 498 g/mol. The molecule has 0 aliphatic rings. The normalized spacial score (nSPS) is 11.5. The van der Waals surface area contributed by atoms with Gasteiger partial charge in [0.2, 0.25) is 15.0 Å². The van der Waals surface area contributed by atoms with E-state index in [1.54, 1.807) is 24.3 Å². The van der Waals surface area contributed by atoms with Gasteiger partial charge in [0, 0.05) is 24.2 Å². The van der Waals surface area contributed by atoms with Crippen molar-refractivity contribution in [1.29, 1.82) is 5.26 Å². The minimum atomic E-state index is -3.58. The quantitative estimate of drug-likeness (QED) is 0.255. The van der Waals surface area contributed by atoms with Crippen LogP contribution in [0.25, 0.3) is 6.08 Å². The number of rotatable bonds is 10. The zero-order chi connectivity index (χ0) is 24.6. The number of aromatic nitrogens is 2. The van der Waals surface area contributed by atoms with Gasteiger partial charge < -0.3 is 9.47 Å². The Kier molecular flexibility index (Phi) is 8.34. The Morgan fingerprint density at radius 3 is 2.21 bits per heavy atom. The Labute approximate surface area is 201 Å². The fraction of sp³-hybridized carbons (Fsp3) is 0.217. The lowest BCUT2D eigenvalue weighted by Gasteiger charge is -2.08. The molecule has 0 radical (unpaired) electrons.